The first-order valence-corrected chi connectivity index (χ1v) is 10.5. The summed E-state index contributed by atoms with van der Waals surface area (Å²) < 4.78 is 37.7. The molecule has 0 aliphatic rings. The van der Waals surface area contributed by atoms with E-state index in [4.69, 9.17) is 9.47 Å². The van der Waals surface area contributed by atoms with Crippen LogP contribution in [0.15, 0.2) is 51.8 Å². The second-order valence-electron chi connectivity index (χ2n) is 5.54. The predicted octanol–water partition coefficient (Wildman–Crippen LogP) is 2.30. The van der Waals surface area contributed by atoms with Crippen molar-refractivity contribution in [3.8, 4) is 5.75 Å². The van der Waals surface area contributed by atoms with Crippen LogP contribution in [0, 0.1) is 10.1 Å². The Balaban J connectivity index is 1.85. The average molecular weight is 488 g/mol. The van der Waals surface area contributed by atoms with Gasteiger partial charge in [0, 0.05) is 17.6 Å². The molecule has 0 unspecified atom stereocenters. The summed E-state index contributed by atoms with van der Waals surface area (Å²) in [5.41, 5.74) is -0.235. The number of benzene rings is 2. The molecule has 0 aliphatic heterocycles. The van der Waals surface area contributed by atoms with Gasteiger partial charge in [-0.3, -0.25) is 14.9 Å². The fourth-order valence-corrected chi connectivity index (χ4v) is 3.57. The van der Waals surface area contributed by atoms with Gasteiger partial charge in [-0.15, -0.1) is 0 Å². The average Bonchev–Trinajstić information content (AvgIpc) is 2.69. The van der Waals surface area contributed by atoms with Gasteiger partial charge in [-0.25, -0.2) is 8.42 Å². The summed E-state index contributed by atoms with van der Waals surface area (Å²) in [6.07, 6.45) is 0. The Bertz CT molecular complexity index is 998. The zero-order chi connectivity index (χ0) is 21.4. The molecule has 0 saturated heterocycles. The van der Waals surface area contributed by atoms with E-state index in [2.05, 4.69) is 26.0 Å². The molecule has 0 aromatic heterocycles. The van der Waals surface area contributed by atoms with E-state index < -0.39 is 33.1 Å². The Kier molecular flexibility index (Phi) is 7.93. The molecule has 0 fully saturated rings. The van der Waals surface area contributed by atoms with E-state index in [-0.39, 0.29) is 23.8 Å². The lowest BCUT2D eigenvalue weighted by Crippen LogP contribution is -2.31. The number of carbonyl (C=O) groups excluding carboxylic acids is 1. The van der Waals surface area contributed by atoms with E-state index in [1.807, 2.05) is 6.07 Å². The number of hydrogen-bond acceptors (Lipinski definition) is 8. The number of hydrogen-bond donors (Lipinski definition) is 2. The molecule has 0 heterocycles. The normalized spacial score (nSPS) is 11.0. The van der Waals surface area contributed by atoms with Crippen molar-refractivity contribution < 1.29 is 27.6 Å². The third kappa shape index (κ3) is 6.69. The molecule has 0 saturated carbocycles. The first kappa shape index (κ1) is 22.6. The van der Waals surface area contributed by atoms with Gasteiger partial charge in [0.1, 0.15) is 31.2 Å². The lowest BCUT2D eigenvalue weighted by atomic mass is 10.3. The van der Waals surface area contributed by atoms with Crippen molar-refractivity contribution in [3.63, 3.8) is 0 Å². The summed E-state index contributed by atoms with van der Waals surface area (Å²) in [5, 5.41) is 13.7. The van der Waals surface area contributed by atoms with Gasteiger partial charge in [0.15, 0.2) is 0 Å². The second kappa shape index (κ2) is 10.2. The lowest BCUT2D eigenvalue weighted by molar-refractivity contribution is -0.384. The number of ether oxygens (including phenoxy) is 2. The fourth-order valence-electron chi connectivity index (χ4n) is 2.20. The van der Waals surface area contributed by atoms with E-state index in [1.165, 1.54) is 19.2 Å². The highest BCUT2D eigenvalue weighted by Gasteiger charge is 2.21. The minimum Gasteiger partial charge on any atom is -0.490 e. The van der Waals surface area contributed by atoms with E-state index in [0.717, 1.165) is 10.5 Å². The fraction of sp³-hybridized carbons (Fsp3) is 0.235. The largest absolute Gasteiger partial charge is 0.490 e. The Hall–Kier alpha value is -2.70. The first-order valence-electron chi connectivity index (χ1n) is 8.23. The van der Waals surface area contributed by atoms with Gasteiger partial charge in [0.2, 0.25) is 10.0 Å². The summed E-state index contributed by atoms with van der Waals surface area (Å²) >= 11 is 3.30. The van der Waals surface area contributed by atoms with E-state index in [0.29, 0.717) is 5.75 Å². The van der Waals surface area contributed by atoms with Crippen molar-refractivity contribution >= 4 is 43.3 Å². The molecule has 0 aliphatic carbocycles. The lowest BCUT2D eigenvalue weighted by Gasteiger charge is -2.09. The Morgan fingerprint density at radius 1 is 1.21 bits per heavy atom. The maximum absolute atomic E-state index is 12.3. The number of carbonyl (C=O) groups is 1. The molecule has 0 amide bonds. The molecule has 2 aromatic rings. The molecule has 29 heavy (non-hydrogen) atoms. The van der Waals surface area contributed by atoms with E-state index >= 15 is 0 Å². The van der Waals surface area contributed by atoms with Crippen LogP contribution in [0.1, 0.15) is 0 Å². The van der Waals surface area contributed by atoms with E-state index in [9.17, 15) is 23.3 Å². The van der Waals surface area contributed by atoms with Crippen LogP contribution >= 0.6 is 15.9 Å². The molecule has 0 spiro atoms. The van der Waals surface area contributed by atoms with Crippen molar-refractivity contribution in [2.24, 2.45) is 0 Å². The van der Waals surface area contributed by atoms with Crippen molar-refractivity contribution in [2.75, 3.05) is 32.1 Å². The molecule has 10 nitrogen and oxygen atoms in total. The van der Waals surface area contributed by atoms with Gasteiger partial charge >= 0.3 is 5.97 Å². The van der Waals surface area contributed by atoms with Crippen molar-refractivity contribution in [1.29, 1.82) is 0 Å². The SMILES string of the molecule is CNc1ccc(S(=O)(=O)NCC(=O)OCCOc2cccc(Br)c2)cc1[N+](=O)[O-]. The zero-order valence-electron chi connectivity index (χ0n) is 15.3. The highest BCUT2D eigenvalue weighted by Crippen LogP contribution is 2.27. The van der Waals surface area contributed by atoms with Crippen molar-refractivity contribution in [2.45, 2.75) is 4.90 Å². The number of sulfonamides is 1. The minimum atomic E-state index is -4.13. The quantitative estimate of drug-likeness (QED) is 0.225. The molecule has 2 aromatic carbocycles. The molecule has 156 valence electrons. The third-order valence-corrected chi connectivity index (χ3v) is 5.46. The molecular weight excluding hydrogens is 470 g/mol. The highest BCUT2D eigenvalue weighted by molar-refractivity contribution is 9.10. The Labute approximate surface area is 175 Å². The van der Waals surface area contributed by atoms with Crippen LogP contribution in [0.25, 0.3) is 0 Å². The number of anilines is 1. The molecule has 12 heteroatoms. The van der Waals surface area contributed by atoms with Crippen LogP contribution < -0.4 is 14.8 Å². The predicted molar refractivity (Wildman–Crippen MR) is 108 cm³/mol. The smallest absolute Gasteiger partial charge is 0.321 e. The van der Waals surface area contributed by atoms with Crippen LogP contribution in [0.2, 0.25) is 0 Å². The standard InChI is InChI=1S/C17H18BrN3O7S/c1-19-15-6-5-14(10-16(15)21(23)24)29(25,26)20-11-17(22)28-8-7-27-13-4-2-3-12(18)9-13/h2-6,9-10,19-20H,7-8,11H2,1H3. The van der Waals surface area contributed by atoms with Gasteiger partial charge < -0.3 is 14.8 Å². The van der Waals surface area contributed by atoms with Crippen molar-refractivity contribution in [1.82, 2.24) is 4.72 Å². The van der Waals surface area contributed by atoms with Gasteiger partial charge in [-0.05, 0) is 30.3 Å². The van der Waals surface area contributed by atoms with Crippen LogP contribution in [0.3, 0.4) is 0 Å². The van der Waals surface area contributed by atoms with Crippen LogP contribution in [0.4, 0.5) is 11.4 Å². The number of nitro groups is 1. The molecular formula is C17H18BrN3O7S. The van der Waals surface area contributed by atoms with Crippen LogP contribution in [0.5, 0.6) is 5.75 Å². The van der Waals surface area contributed by atoms with Crippen LogP contribution in [-0.4, -0.2) is 46.1 Å². The second-order valence-corrected chi connectivity index (χ2v) is 8.22. The van der Waals surface area contributed by atoms with Gasteiger partial charge in [-0.1, -0.05) is 22.0 Å². The number of halogens is 1. The minimum absolute atomic E-state index is 0.0740. The van der Waals surface area contributed by atoms with E-state index in [1.54, 1.807) is 18.2 Å². The number of nitro benzene ring substituents is 1. The zero-order valence-corrected chi connectivity index (χ0v) is 17.7. The third-order valence-electron chi connectivity index (χ3n) is 3.56. The van der Waals surface area contributed by atoms with Gasteiger partial charge in [0.05, 0.1) is 9.82 Å². The van der Waals surface area contributed by atoms with Crippen LogP contribution in [-0.2, 0) is 19.6 Å². The van der Waals surface area contributed by atoms with Gasteiger partial charge in [-0.2, -0.15) is 4.72 Å². The number of esters is 1. The molecule has 2 rings (SSSR count). The summed E-state index contributed by atoms with van der Waals surface area (Å²) in [7, 11) is -2.66. The summed E-state index contributed by atoms with van der Waals surface area (Å²) in [6.45, 7) is -0.608. The number of nitrogens with one attached hydrogen (secondary N) is 2. The number of nitrogens with zero attached hydrogens (tertiary/aromatic N) is 1. The highest BCUT2D eigenvalue weighted by atomic mass is 79.9. The molecule has 0 bridgehead atoms. The Morgan fingerprint density at radius 2 is 1.97 bits per heavy atom. The summed E-state index contributed by atoms with van der Waals surface area (Å²) in [5.74, 6) is -0.226. The Morgan fingerprint density at radius 3 is 2.62 bits per heavy atom. The summed E-state index contributed by atoms with van der Waals surface area (Å²) in [4.78, 5) is 21.7. The molecule has 0 atom stereocenters. The van der Waals surface area contributed by atoms with Crippen molar-refractivity contribution in [3.05, 3.63) is 57.1 Å². The maximum atomic E-state index is 12.3. The molecule has 0 radical (unpaired) electrons. The topological polar surface area (TPSA) is 137 Å². The molecule has 2 N–H and O–H groups in total. The summed E-state index contributed by atoms with van der Waals surface area (Å²) in [6, 6.07) is 10.5. The van der Waals surface area contributed by atoms with Gasteiger partial charge in [0.25, 0.3) is 5.69 Å². The maximum Gasteiger partial charge on any atom is 0.321 e. The first-order chi connectivity index (χ1) is 13.7. The number of rotatable bonds is 10. The monoisotopic (exact) mass is 487 g/mol.